The fourth-order valence-corrected chi connectivity index (χ4v) is 2.05. The van der Waals surface area contributed by atoms with E-state index >= 15 is 0 Å². The first-order valence-corrected chi connectivity index (χ1v) is 6.09. The SMILES string of the molecule is CCNC(CO)CCSc1ncccn1. The Morgan fingerprint density at radius 2 is 2.20 bits per heavy atom. The number of nitrogens with one attached hydrogen (secondary N) is 1. The Morgan fingerprint density at radius 1 is 1.47 bits per heavy atom. The van der Waals surface area contributed by atoms with Crippen LogP contribution in [0.25, 0.3) is 0 Å². The number of likely N-dealkylation sites (N-methyl/N-ethyl adjacent to an activating group) is 1. The van der Waals surface area contributed by atoms with Crippen molar-refractivity contribution in [2.45, 2.75) is 24.5 Å². The van der Waals surface area contributed by atoms with Crippen LogP contribution in [0.3, 0.4) is 0 Å². The highest BCUT2D eigenvalue weighted by molar-refractivity contribution is 7.99. The summed E-state index contributed by atoms with van der Waals surface area (Å²) in [7, 11) is 0. The van der Waals surface area contributed by atoms with Gasteiger partial charge in [-0.15, -0.1) is 0 Å². The van der Waals surface area contributed by atoms with Crippen LogP contribution in [0.1, 0.15) is 13.3 Å². The van der Waals surface area contributed by atoms with Crippen molar-refractivity contribution < 1.29 is 5.11 Å². The van der Waals surface area contributed by atoms with Crippen LogP contribution in [0.15, 0.2) is 23.6 Å². The molecule has 15 heavy (non-hydrogen) atoms. The molecule has 0 aliphatic heterocycles. The van der Waals surface area contributed by atoms with Crippen molar-refractivity contribution in [2.75, 3.05) is 18.9 Å². The molecule has 1 unspecified atom stereocenters. The van der Waals surface area contributed by atoms with Crippen LogP contribution in [-0.2, 0) is 0 Å². The molecule has 0 aliphatic rings. The largest absolute Gasteiger partial charge is 0.395 e. The van der Waals surface area contributed by atoms with Gasteiger partial charge in [-0.05, 0) is 19.0 Å². The molecule has 0 fully saturated rings. The maximum atomic E-state index is 9.05. The first-order chi connectivity index (χ1) is 7.36. The van der Waals surface area contributed by atoms with Gasteiger partial charge in [0.1, 0.15) is 0 Å². The van der Waals surface area contributed by atoms with E-state index in [2.05, 4.69) is 15.3 Å². The van der Waals surface area contributed by atoms with Gasteiger partial charge in [-0.1, -0.05) is 18.7 Å². The molecule has 0 amide bonds. The van der Waals surface area contributed by atoms with Gasteiger partial charge in [0.05, 0.1) is 6.61 Å². The Balaban J connectivity index is 2.20. The van der Waals surface area contributed by atoms with Gasteiger partial charge < -0.3 is 10.4 Å². The quantitative estimate of drug-likeness (QED) is 0.536. The lowest BCUT2D eigenvalue weighted by molar-refractivity contribution is 0.242. The molecule has 0 aliphatic carbocycles. The summed E-state index contributed by atoms with van der Waals surface area (Å²) < 4.78 is 0. The van der Waals surface area contributed by atoms with Crippen molar-refractivity contribution in [1.82, 2.24) is 15.3 Å². The fraction of sp³-hybridized carbons (Fsp3) is 0.600. The third-order valence-corrected chi connectivity index (χ3v) is 2.86. The Hall–Kier alpha value is -0.650. The van der Waals surface area contributed by atoms with Gasteiger partial charge in [0.15, 0.2) is 5.16 Å². The molecule has 5 heteroatoms. The minimum absolute atomic E-state index is 0.185. The molecule has 2 N–H and O–H groups in total. The molecule has 1 rings (SSSR count). The molecular formula is C10H17N3OS. The summed E-state index contributed by atoms with van der Waals surface area (Å²) in [5, 5.41) is 13.1. The van der Waals surface area contributed by atoms with E-state index in [1.54, 1.807) is 30.2 Å². The molecule has 0 bridgehead atoms. The first kappa shape index (κ1) is 12.4. The Morgan fingerprint density at radius 3 is 2.80 bits per heavy atom. The van der Waals surface area contributed by atoms with Crippen molar-refractivity contribution in [3.8, 4) is 0 Å². The Bertz CT molecular complexity index is 258. The highest BCUT2D eigenvalue weighted by Crippen LogP contribution is 2.12. The molecular weight excluding hydrogens is 210 g/mol. The summed E-state index contributed by atoms with van der Waals surface area (Å²) in [4.78, 5) is 8.23. The summed E-state index contributed by atoms with van der Waals surface area (Å²) in [5.74, 6) is 0.919. The molecule has 1 heterocycles. The molecule has 0 aromatic carbocycles. The number of rotatable bonds is 7. The van der Waals surface area contributed by atoms with E-state index in [1.807, 2.05) is 6.92 Å². The van der Waals surface area contributed by atoms with Crippen LogP contribution in [0.5, 0.6) is 0 Å². The second-order valence-electron chi connectivity index (χ2n) is 3.11. The lowest BCUT2D eigenvalue weighted by Crippen LogP contribution is -2.32. The zero-order valence-electron chi connectivity index (χ0n) is 8.89. The molecule has 4 nitrogen and oxygen atoms in total. The van der Waals surface area contributed by atoms with Gasteiger partial charge >= 0.3 is 0 Å². The summed E-state index contributed by atoms with van der Waals surface area (Å²) >= 11 is 1.62. The minimum atomic E-state index is 0.185. The Kier molecular flexibility index (Phi) is 6.31. The zero-order valence-corrected chi connectivity index (χ0v) is 9.70. The monoisotopic (exact) mass is 227 g/mol. The van der Waals surface area contributed by atoms with Crippen LogP contribution in [0, 0.1) is 0 Å². The highest BCUT2D eigenvalue weighted by Gasteiger charge is 2.05. The van der Waals surface area contributed by atoms with Gasteiger partial charge in [0.25, 0.3) is 0 Å². The van der Waals surface area contributed by atoms with Crippen molar-refractivity contribution in [3.05, 3.63) is 18.5 Å². The molecule has 1 aromatic rings. The molecule has 0 saturated heterocycles. The third-order valence-electron chi connectivity index (χ3n) is 1.95. The van der Waals surface area contributed by atoms with E-state index < -0.39 is 0 Å². The van der Waals surface area contributed by atoms with E-state index in [0.717, 1.165) is 23.9 Å². The normalized spacial score (nSPS) is 12.7. The van der Waals surface area contributed by atoms with E-state index in [-0.39, 0.29) is 12.6 Å². The van der Waals surface area contributed by atoms with E-state index in [9.17, 15) is 0 Å². The summed E-state index contributed by atoms with van der Waals surface area (Å²) in [6.45, 7) is 3.11. The molecule has 1 aromatic heterocycles. The van der Waals surface area contributed by atoms with Crippen LogP contribution in [-0.4, -0.2) is 40.0 Å². The predicted octanol–water partition coefficient (Wildman–Crippen LogP) is 0.929. The smallest absolute Gasteiger partial charge is 0.187 e. The first-order valence-electron chi connectivity index (χ1n) is 5.11. The maximum absolute atomic E-state index is 9.05. The Labute approximate surface area is 94.5 Å². The van der Waals surface area contributed by atoms with Gasteiger partial charge in [0.2, 0.25) is 0 Å². The van der Waals surface area contributed by atoms with E-state index in [1.165, 1.54) is 0 Å². The van der Waals surface area contributed by atoms with E-state index in [4.69, 9.17) is 5.11 Å². The van der Waals surface area contributed by atoms with Crippen molar-refractivity contribution in [1.29, 1.82) is 0 Å². The predicted molar refractivity (Wildman–Crippen MR) is 61.9 cm³/mol. The number of thioether (sulfide) groups is 1. The lowest BCUT2D eigenvalue weighted by atomic mass is 10.2. The third kappa shape index (κ3) is 5.11. The van der Waals surface area contributed by atoms with Crippen LogP contribution >= 0.6 is 11.8 Å². The number of aromatic nitrogens is 2. The summed E-state index contributed by atoms with van der Waals surface area (Å²) in [5.41, 5.74) is 0. The van der Waals surface area contributed by atoms with Gasteiger partial charge in [0, 0.05) is 24.2 Å². The average molecular weight is 227 g/mol. The molecule has 0 spiro atoms. The molecule has 0 saturated carbocycles. The average Bonchev–Trinajstić information content (AvgIpc) is 2.29. The standard InChI is InChI=1S/C10H17N3OS/c1-2-11-9(8-14)4-7-15-10-12-5-3-6-13-10/h3,5-6,9,11,14H,2,4,7-8H2,1H3. The van der Waals surface area contributed by atoms with Gasteiger partial charge in [-0.3, -0.25) is 0 Å². The van der Waals surface area contributed by atoms with Crippen molar-refractivity contribution >= 4 is 11.8 Å². The number of nitrogens with zero attached hydrogens (tertiary/aromatic N) is 2. The van der Waals surface area contributed by atoms with Crippen molar-refractivity contribution in [2.24, 2.45) is 0 Å². The fourth-order valence-electron chi connectivity index (χ4n) is 1.20. The van der Waals surface area contributed by atoms with E-state index in [0.29, 0.717) is 0 Å². The lowest BCUT2D eigenvalue weighted by Gasteiger charge is -2.13. The number of hydrogen-bond acceptors (Lipinski definition) is 5. The van der Waals surface area contributed by atoms with Crippen molar-refractivity contribution in [3.63, 3.8) is 0 Å². The van der Waals surface area contributed by atoms with Crippen LogP contribution < -0.4 is 5.32 Å². The molecule has 1 atom stereocenters. The second kappa shape index (κ2) is 7.62. The number of aliphatic hydroxyl groups is 1. The number of hydrogen-bond donors (Lipinski definition) is 2. The summed E-state index contributed by atoms with van der Waals surface area (Å²) in [6, 6.07) is 1.99. The zero-order chi connectivity index (χ0) is 10.9. The van der Waals surface area contributed by atoms with Gasteiger partial charge in [-0.2, -0.15) is 0 Å². The maximum Gasteiger partial charge on any atom is 0.187 e. The molecule has 84 valence electrons. The van der Waals surface area contributed by atoms with Crippen LogP contribution in [0.4, 0.5) is 0 Å². The van der Waals surface area contributed by atoms with Crippen LogP contribution in [0.2, 0.25) is 0 Å². The second-order valence-corrected chi connectivity index (χ2v) is 4.17. The highest BCUT2D eigenvalue weighted by atomic mass is 32.2. The topological polar surface area (TPSA) is 58.0 Å². The summed E-state index contributed by atoms with van der Waals surface area (Å²) in [6.07, 6.45) is 4.40. The number of aliphatic hydroxyl groups excluding tert-OH is 1. The van der Waals surface area contributed by atoms with Gasteiger partial charge in [-0.25, -0.2) is 9.97 Å². The molecule has 0 radical (unpaired) electrons. The minimum Gasteiger partial charge on any atom is -0.395 e.